The van der Waals surface area contributed by atoms with Gasteiger partial charge in [-0.2, -0.15) is 0 Å². The normalized spacial score (nSPS) is 9.73. The molecule has 0 aliphatic heterocycles. The summed E-state index contributed by atoms with van der Waals surface area (Å²) < 4.78 is 0. The zero-order valence-electron chi connectivity index (χ0n) is 8.20. The third kappa shape index (κ3) is 3.89. The fourth-order valence-corrected chi connectivity index (χ4v) is 1.77. The Kier molecular flexibility index (Phi) is 4.58. The third-order valence-electron chi connectivity index (χ3n) is 1.70. The van der Waals surface area contributed by atoms with Gasteiger partial charge >= 0.3 is 0 Å². The van der Waals surface area contributed by atoms with Crippen LogP contribution in [0.25, 0.3) is 0 Å². The molecule has 6 heteroatoms. The molecule has 4 nitrogen and oxygen atoms in total. The maximum Gasteiger partial charge on any atom is 0.244 e. The summed E-state index contributed by atoms with van der Waals surface area (Å²) >= 11 is 6.78. The molecule has 0 radical (unpaired) electrons. The monoisotopic (exact) mass is 246 g/mol. The van der Waals surface area contributed by atoms with Crippen LogP contribution in [0.15, 0.2) is 17.5 Å². The maximum atomic E-state index is 11.4. The molecule has 0 atom stereocenters. The number of hydrogen-bond donors (Lipinski definition) is 1. The fraction of sp³-hybridized carbons (Fsp3) is 0.333. The molecule has 0 aliphatic rings. The van der Waals surface area contributed by atoms with Crippen molar-refractivity contribution in [3.8, 4) is 0 Å². The summed E-state index contributed by atoms with van der Waals surface area (Å²) in [5.41, 5.74) is 0. The van der Waals surface area contributed by atoms with Crippen LogP contribution >= 0.6 is 22.9 Å². The molecule has 82 valence electrons. The number of hydrogen-bond acceptors (Lipinski definition) is 3. The number of carbonyl (C=O) groups is 2. The number of anilines is 1. The highest BCUT2D eigenvalue weighted by Gasteiger charge is 2.11. The van der Waals surface area contributed by atoms with Gasteiger partial charge in [0.25, 0.3) is 0 Å². The molecule has 0 bridgehead atoms. The lowest BCUT2D eigenvalue weighted by Gasteiger charge is -2.14. The Balaban J connectivity index is 2.39. The van der Waals surface area contributed by atoms with E-state index in [4.69, 9.17) is 11.6 Å². The minimum absolute atomic E-state index is 0.0173. The van der Waals surface area contributed by atoms with E-state index < -0.39 is 0 Å². The minimum Gasteiger partial charge on any atom is -0.335 e. The van der Waals surface area contributed by atoms with Gasteiger partial charge in [-0.05, 0) is 17.5 Å². The van der Waals surface area contributed by atoms with E-state index >= 15 is 0 Å². The van der Waals surface area contributed by atoms with E-state index in [1.807, 2.05) is 11.4 Å². The van der Waals surface area contributed by atoms with Crippen LogP contribution in [0.4, 0.5) is 5.00 Å². The first-order chi connectivity index (χ1) is 7.13. The van der Waals surface area contributed by atoms with Gasteiger partial charge in [0.2, 0.25) is 11.8 Å². The van der Waals surface area contributed by atoms with Crippen LogP contribution in [-0.2, 0) is 9.59 Å². The Hall–Kier alpha value is -1.07. The number of likely N-dealkylation sites (N-methyl/N-ethyl adjacent to an activating group) is 1. The van der Waals surface area contributed by atoms with Gasteiger partial charge in [0.1, 0.15) is 5.88 Å². The summed E-state index contributed by atoms with van der Waals surface area (Å²) in [6, 6.07) is 3.64. The fourth-order valence-electron chi connectivity index (χ4n) is 0.932. The summed E-state index contributed by atoms with van der Waals surface area (Å²) in [4.78, 5) is 23.8. The highest BCUT2D eigenvalue weighted by atomic mass is 35.5. The lowest BCUT2D eigenvalue weighted by Crippen LogP contribution is -2.35. The molecule has 2 amide bonds. The van der Waals surface area contributed by atoms with Crippen molar-refractivity contribution in [2.75, 3.05) is 24.8 Å². The van der Waals surface area contributed by atoms with Crippen molar-refractivity contribution >= 4 is 39.8 Å². The predicted octanol–water partition coefficient (Wildman–Crippen LogP) is 1.38. The number of nitrogens with one attached hydrogen (secondary N) is 1. The second-order valence-corrected chi connectivity index (χ2v) is 4.12. The van der Waals surface area contributed by atoms with Crippen molar-refractivity contribution in [3.05, 3.63) is 17.5 Å². The van der Waals surface area contributed by atoms with Crippen LogP contribution in [0.1, 0.15) is 0 Å². The maximum absolute atomic E-state index is 11.4. The SMILES string of the molecule is CN(CC(=O)Nc1cccs1)C(=O)CCl. The summed E-state index contributed by atoms with van der Waals surface area (Å²) in [5.74, 6) is -0.598. The van der Waals surface area contributed by atoms with E-state index in [1.54, 1.807) is 13.1 Å². The molecule has 0 fully saturated rings. The van der Waals surface area contributed by atoms with Crippen LogP contribution < -0.4 is 5.32 Å². The number of thiophene rings is 1. The van der Waals surface area contributed by atoms with E-state index in [2.05, 4.69) is 5.32 Å². The molecule has 1 N–H and O–H groups in total. The van der Waals surface area contributed by atoms with Gasteiger partial charge in [0.05, 0.1) is 11.5 Å². The lowest BCUT2D eigenvalue weighted by atomic mass is 10.5. The van der Waals surface area contributed by atoms with Gasteiger partial charge < -0.3 is 10.2 Å². The Morgan fingerprint density at radius 2 is 2.33 bits per heavy atom. The molecule has 0 saturated heterocycles. The van der Waals surface area contributed by atoms with Gasteiger partial charge in [-0.15, -0.1) is 22.9 Å². The van der Waals surface area contributed by atoms with Crippen LogP contribution in [0.5, 0.6) is 0 Å². The Labute approximate surface area is 96.8 Å². The standard InChI is InChI=1S/C9H11ClN2O2S/c1-12(9(14)5-10)6-7(13)11-8-3-2-4-15-8/h2-4H,5-6H2,1H3,(H,11,13). The lowest BCUT2D eigenvalue weighted by molar-refractivity contribution is -0.131. The molecule has 0 spiro atoms. The third-order valence-corrected chi connectivity index (χ3v) is 2.72. The molecule has 1 heterocycles. The van der Waals surface area contributed by atoms with Crippen LogP contribution in [-0.4, -0.2) is 36.2 Å². The number of alkyl halides is 1. The molecule has 0 saturated carbocycles. The molecule has 1 aromatic rings. The highest BCUT2D eigenvalue weighted by Crippen LogP contribution is 2.14. The molecule has 0 unspecified atom stereocenters. The van der Waals surface area contributed by atoms with Crippen molar-refractivity contribution in [1.82, 2.24) is 4.90 Å². The van der Waals surface area contributed by atoms with E-state index in [0.717, 1.165) is 5.00 Å². The van der Waals surface area contributed by atoms with Crippen molar-refractivity contribution in [3.63, 3.8) is 0 Å². The molecule has 1 rings (SSSR count). The quantitative estimate of drug-likeness (QED) is 0.817. The van der Waals surface area contributed by atoms with Gasteiger partial charge in [0.15, 0.2) is 0 Å². The van der Waals surface area contributed by atoms with Gasteiger partial charge in [-0.1, -0.05) is 0 Å². The highest BCUT2D eigenvalue weighted by molar-refractivity contribution is 7.14. The molecule has 0 aromatic carbocycles. The van der Waals surface area contributed by atoms with Crippen molar-refractivity contribution < 1.29 is 9.59 Å². The van der Waals surface area contributed by atoms with Gasteiger partial charge in [-0.25, -0.2) is 0 Å². The predicted molar refractivity (Wildman–Crippen MR) is 61.3 cm³/mol. The number of carbonyl (C=O) groups excluding carboxylic acids is 2. The zero-order chi connectivity index (χ0) is 11.3. The number of halogens is 1. The molecular weight excluding hydrogens is 236 g/mol. The molecule has 1 aromatic heterocycles. The average molecular weight is 247 g/mol. The second kappa shape index (κ2) is 5.72. The summed E-state index contributed by atoms with van der Waals surface area (Å²) in [7, 11) is 1.54. The summed E-state index contributed by atoms with van der Waals surface area (Å²) in [6.07, 6.45) is 0. The summed E-state index contributed by atoms with van der Waals surface area (Å²) in [5, 5.41) is 5.31. The number of rotatable bonds is 4. The molecular formula is C9H11ClN2O2S. The largest absolute Gasteiger partial charge is 0.335 e. The molecule has 15 heavy (non-hydrogen) atoms. The topological polar surface area (TPSA) is 49.4 Å². The zero-order valence-corrected chi connectivity index (χ0v) is 9.77. The summed E-state index contributed by atoms with van der Waals surface area (Å²) in [6.45, 7) is 0.0173. The number of nitrogens with zero attached hydrogens (tertiary/aromatic N) is 1. The van der Waals surface area contributed by atoms with Crippen LogP contribution in [0.3, 0.4) is 0 Å². The van der Waals surface area contributed by atoms with Crippen molar-refractivity contribution in [2.24, 2.45) is 0 Å². The average Bonchev–Trinajstić information content (AvgIpc) is 2.68. The number of amides is 2. The van der Waals surface area contributed by atoms with Crippen molar-refractivity contribution in [1.29, 1.82) is 0 Å². The Morgan fingerprint density at radius 1 is 1.60 bits per heavy atom. The van der Waals surface area contributed by atoms with E-state index in [1.165, 1.54) is 16.2 Å². The first-order valence-electron chi connectivity index (χ1n) is 4.26. The first-order valence-corrected chi connectivity index (χ1v) is 5.68. The van der Waals surface area contributed by atoms with E-state index in [-0.39, 0.29) is 24.2 Å². The van der Waals surface area contributed by atoms with Crippen LogP contribution in [0.2, 0.25) is 0 Å². The Bertz CT molecular complexity index is 340. The van der Waals surface area contributed by atoms with E-state index in [9.17, 15) is 9.59 Å². The van der Waals surface area contributed by atoms with Gasteiger partial charge in [0, 0.05) is 7.05 Å². The van der Waals surface area contributed by atoms with Crippen molar-refractivity contribution in [2.45, 2.75) is 0 Å². The first kappa shape index (κ1) is 12.0. The minimum atomic E-state index is -0.266. The smallest absolute Gasteiger partial charge is 0.244 e. The van der Waals surface area contributed by atoms with Crippen LogP contribution in [0, 0.1) is 0 Å². The molecule has 0 aliphatic carbocycles. The van der Waals surface area contributed by atoms with Gasteiger partial charge in [-0.3, -0.25) is 9.59 Å². The second-order valence-electron chi connectivity index (χ2n) is 2.91. The Morgan fingerprint density at radius 3 is 2.87 bits per heavy atom. The van der Waals surface area contributed by atoms with E-state index in [0.29, 0.717) is 0 Å².